The van der Waals surface area contributed by atoms with Gasteiger partial charge in [-0.15, -0.1) is 5.10 Å². The molecular formula is C12H21N5O3. The van der Waals surface area contributed by atoms with Crippen molar-refractivity contribution in [3.05, 3.63) is 11.9 Å². The summed E-state index contributed by atoms with van der Waals surface area (Å²) in [5, 5.41) is 18.8. The van der Waals surface area contributed by atoms with Crippen LogP contribution in [0.3, 0.4) is 0 Å². The fourth-order valence-corrected chi connectivity index (χ4v) is 1.67. The number of aromatic nitrogens is 3. The number of likely N-dealkylation sites (N-methyl/N-ethyl adjacent to an activating group) is 1. The van der Waals surface area contributed by atoms with Gasteiger partial charge in [-0.3, -0.25) is 14.4 Å². The molecule has 0 aliphatic heterocycles. The van der Waals surface area contributed by atoms with Gasteiger partial charge in [-0.25, -0.2) is 4.79 Å². The van der Waals surface area contributed by atoms with E-state index in [-0.39, 0.29) is 17.6 Å². The highest BCUT2D eigenvalue weighted by atomic mass is 16.4. The monoisotopic (exact) mass is 283 g/mol. The van der Waals surface area contributed by atoms with E-state index in [1.165, 1.54) is 10.9 Å². The van der Waals surface area contributed by atoms with Crippen molar-refractivity contribution in [3.8, 4) is 0 Å². The molecule has 0 aliphatic rings. The lowest BCUT2D eigenvalue weighted by molar-refractivity contribution is -0.122. The molecule has 0 saturated heterocycles. The number of rotatable bonds is 8. The predicted octanol–water partition coefficient (Wildman–Crippen LogP) is -0.177. The molecule has 1 aromatic heterocycles. The van der Waals surface area contributed by atoms with E-state index in [0.717, 1.165) is 6.54 Å². The molecule has 1 heterocycles. The first-order valence-electron chi connectivity index (χ1n) is 6.57. The zero-order valence-electron chi connectivity index (χ0n) is 12.0. The van der Waals surface area contributed by atoms with E-state index in [1.807, 2.05) is 25.7 Å². The van der Waals surface area contributed by atoms with E-state index in [4.69, 9.17) is 5.11 Å². The van der Waals surface area contributed by atoms with Gasteiger partial charge in [0.25, 0.3) is 0 Å². The maximum absolute atomic E-state index is 11.7. The summed E-state index contributed by atoms with van der Waals surface area (Å²) in [5.41, 5.74) is -0.0781. The molecule has 0 unspecified atom stereocenters. The predicted molar refractivity (Wildman–Crippen MR) is 72.4 cm³/mol. The normalized spacial score (nSPS) is 11.1. The number of hydrogen-bond acceptors (Lipinski definition) is 5. The number of carbonyl (C=O) groups excluding carboxylic acids is 1. The number of carbonyl (C=O) groups is 2. The molecule has 0 radical (unpaired) electrons. The van der Waals surface area contributed by atoms with E-state index < -0.39 is 5.97 Å². The van der Waals surface area contributed by atoms with Crippen molar-refractivity contribution in [2.75, 3.05) is 19.6 Å². The van der Waals surface area contributed by atoms with Crippen molar-refractivity contribution < 1.29 is 14.7 Å². The Labute approximate surface area is 117 Å². The number of nitrogens with one attached hydrogen (secondary N) is 1. The number of carboxylic acid groups (broad SMARTS) is 1. The lowest BCUT2D eigenvalue weighted by atomic mass is 10.3. The maximum Gasteiger partial charge on any atom is 0.358 e. The van der Waals surface area contributed by atoms with Gasteiger partial charge in [0.15, 0.2) is 5.69 Å². The van der Waals surface area contributed by atoms with Crippen LogP contribution in [0, 0.1) is 0 Å². The van der Waals surface area contributed by atoms with Crippen LogP contribution >= 0.6 is 0 Å². The molecule has 0 aromatic carbocycles. The van der Waals surface area contributed by atoms with Gasteiger partial charge in [0, 0.05) is 12.6 Å². The highest BCUT2D eigenvalue weighted by molar-refractivity contribution is 5.84. The van der Waals surface area contributed by atoms with Crippen molar-refractivity contribution in [3.63, 3.8) is 0 Å². The molecule has 0 bridgehead atoms. The second kappa shape index (κ2) is 7.59. The zero-order valence-corrected chi connectivity index (χ0v) is 12.0. The number of nitrogens with zero attached hydrogens (tertiary/aromatic N) is 4. The standard InChI is InChI=1S/C12H21N5O3/c1-4-16(8-11(18)13-9(2)3)5-6-17-7-10(12(19)20)14-15-17/h7,9H,4-6,8H2,1-3H3,(H,13,18)(H,19,20). The molecular weight excluding hydrogens is 262 g/mol. The summed E-state index contributed by atoms with van der Waals surface area (Å²) in [6, 6.07) is 0.120. The first-order chi connectivity index (χ1) is 9.42. The Kier molecular flexibility index (Phi) is 6.10. The van der Waals surface area contributed by atoms with Gasteiger partial charge in [0.05, 0.1) is 19.3 Å². The summed E-state index contributed by atoms with van der Waals surface area (Å²) in [5.74, 6) is -1.12. The van der Waals surface area contributed by atoms with Crippen molar-refractivity contribution in [2.24, 2.45) is 0 Å². The fraction of sp³-hybridized carbons (Fsp3) is 0.667. The van der Waals surface area contributed by atoms with E-state index in [9.17, 15) is 9.59 Å². The van der Waals surface area contributed by atoms with Crippen LogP contribution < -0.4 is 5.32 Å². The smallest absolute Gasteiger partial charge is 0.358 e. The highest BCUT2D eigenvalue weighted by Gasteiger charge is 2.12. The fourth-order valence-electron chi connectivity index (χ4n) is 1.67. The molecule has 0 spiro atoms. The van der Waals surface area contributed by atoms with Crippen LogP contribution in [-0.2, 0) is 11.3 Å². The third-order valence-corrected chi connectivity index (χ3v) is 2.67. The molecule has 8 heteroatoms. The Bertz CT molecular complexity index is 458. The summed E-state index contributed by atoms with van der Waals surface area (Å²) in [4.78, 5) is 24.3. The van der Waals surface area contributed by atoms with Gasteiger partial charge in [0.1, 0.15) is 0 Å². The first-order valence-corrected chi connectivity index (χ1v) is 6.57. The zero-order chi connectivity index (χ0) is 15.1. The van der Waals surface area contributed by atoms with Gasteiger partial charge >= 0.3 is 5.97 Å². The molecule has 0 atom stereocenters. The van der Waals surface area contributed by atoms with E-state index >= 15 is 0 Å². The van der Waals surface area contributed by atoms with Crippen molar-refractivity contribution in [2.45, 2.75) is 33.4 Å². The summed E-state index contributed by atoms with van der Waals surface area (Å²) in [6.45, 7) is 7.93. The lowest BCUT2D eigenvalue weighted by Crippen LogP contribution is -2.41. The Balaban J connectivity index is 2.44. The minimum atomic E-state index is -1.10. The highest BCUT2D eigenvalue weighted by Crippen LogP contribution is 1.95. The van der Waals surface area contributed by atoms with E-state index in [1.54, 1.807) is 0 Å². The third kappa shape index (κ3) is 5.35. The number of aromatic carboxylic acids is 1. The molecule has 1 amide bonds. The maximum atomic E-state index is 11.7. The summed E-state index contributed by atoms with van der Waals surface area (Å²) < 4.78 is 1.46. The molecule has 0 aliphatic carbocycles. The van der Waals surface area contributed by atoms with Crippen LogP contribution in [0.1, 0.15) is 31.3 Å². The van der Waals surface area contributed by atoms with Crippen LogP contribution in [0.25, 0.3) is 0 Å². The minimum absolute atomic E-state index is 0.0216. The summed E-state index contributed by atoms with van der Waals surface area (Å²) >= 11 is 0. The summed E-state index contributed by atoms with van der Waals surface area (Å²) in [6.07, 6.45) is 1.38. The van der Waals surface area contributed by atoms with Crippen molar-refractivity contribution >= 4 is 11.9 Å². The molecule has 1 rings (SSSR count). The average molecular weight is 283 g/mol. The largest absolute Gasteiger partial charge is 0.476 e. The Morgan fingerprint density at radius 2 is 2.20 bits per heavy atom. The number of amides is 1. The minimum Gasteiger partial charge on any atom is -0.476 e. The second-order valence-corrected chi connectivity index (χ2v) is 4.76. The van der Waals surface area contributed by atoms with Crippen molar-refractivity contribution in [1.82, 2.24) is 25.2 Å². The lowest BCUT2D eigenvalue weighted by Gasteiger charge is -2.20. The molecule has 8 nitrogen and oxygen atoms in total. The Morgan fingerprint density at radius 1 is 1.50 bits per heavy atom. The molecule has 112 valence electrons. The molecule has 20 heavy (non-hydrogen) atoms. The Hall–Kier alpha value is -1.96. The molecule has 0 saturated carbocycles. The van der Waals surface area contributed by atoms with Crippen LogP contribution in [-0.4, -0.2) is 62.6 Å². The Morgan fingerprint density at radius 3 is 2.70 bits per heavy atom. The molecule has 1 aromatic rings. The quantitative estimate of drug-likeness (QED) is 0.686. The van der Waals surface area contributed by atoms with Crippen molar-refractivity contribution in [1.29, 1.82) is 0 Å². The van der Waals surface area contributed by atoms with E-state index in [0.29, 0.717) is 19.6 Å². The number of carboxylic acids is 1. The van der Waals surface area contributed by atoms with Gasteiger partial charge in [0.2, 0.25) is 5.91 Å². The van der Waals surface area contributed by atoms with Crippen LogP contribution in [0.2, 0.25) is 0 Å². The van der Waals surface area contributed by atoms with E-state index in [2.05, 4.69) is 15.6 Å². The second-order valence-electron chi connectivity index (χ2n) is 4.76. The van der Waals surface area contributed by atoms with Gasteiger partial charge < -0.3 is 10.4 Å². The van der Waals surface area contributed by atoms with Crippen LogP contribution in [0.4, 0.5) is 0 Å². The van der Waals surface area contributed by atoms with Crippen LogP contribution in [0.5, 0.6) is 0 Å². The first kappa shape index (κ1) is 16.1. The van der Waals surface area contributed by atoms with Gasteiger partial charge in [-0.05, 0) is 20.4 Å². The molecule has 2 N–H and O–H groups in total. The van der Waals surface area contributed by atoms with Crippen LogP contribution in [0.15, 0.2) is 6.20 Å². The molecule has 0 fully saturated rings. The van der Waals surface area contributed by atoms with Gasteiger partial charge in [-0.1, -0.05) is 12.1 Å². The number of hydrogen-bond donors (Lipinski definition) is 2. The average Bonchev–Trinajstić information content (AvgIpc) is 2.82. The summed E-state index contributed by atoms with van der Waals surface area (Å²) in [7, 11) is 0. The SMILES string of the molecule is CCN(CCn1cc(C(=O)O)nn1)CC(=O)NC(C)C. The van der Waals surface area contributed by atoms with Gasteiger partial charge in [-0.2, -0.15) is 0 Å². The third-order valence-electron chi connectivity index (χ3n) is 2.67. The topological polar surface area (TPSA) is 100 Å².